The molecule has 0 aromatic heterocycles. The molecule has 1 unspecified atom stereocenters. The summed E-state index contributed by atoms with van der Waals surface area (Å²) in [5, 5.41) is 0. The molecule has 1 heteroatoms. The number of hydrogen-bond donors (Lipinski definition) is 0. The zero-order valence-electron chi connectivity index (χ0n) is 11.8. The maximum Gasteiger partial charge on any atom is 0.115 e. The highest BCUT2D eigenvalue weighted by molar-refractivity contribution is 5.03. The van der Waals surface area contributed by atoms with E-state index in [1.54, 1.807) is 7.11 Å². The molecule has 0 aromatic rings. The van der Waals surface area contributed by atoms with Gasteiger partial charge in [0.1, 0.15) is 6.10 Å². The van der Waals surface area contributed by atoms with Crippen LogP contribution in [0.5, 0.6) is 0 Å². The molecule has 0 aliphatic rings. The fraction of sp³-hybridized carbons (Fsp3) is 0.812. The van der Waals surface area contributed by atoms with Gasteiger partial charge in [-0.3, -0.25) is 0 Å². The van der Waals surface area contributed by atoms with Crippen LogP contribution in [0.3, 0.4) is 0 Å². The van der Waals surface area contributed by atoms with Crippen LogP contribution >= 0.6 is 0 Å². The first kappa shape index (κ1) is 16.5. The minimum Gasteiger partial charge on any atom is -0.369 e. The second-order valence-corrected chi connectivity index (χ2v) is 4.63. The molecule has 0 aliphatic carbocycles. The Labute approximate surface area is 108 Å². The lowest BCUT2D eigenvalue weighted by molar-refractivity contribution is 0.163. The standard InChI is InChI=1S/C16H29O/c1-4-5-6-7-8-9-10-11-12-13-14-15-16(2)17-3/h16H,1,4-13H2,2-3H3. The van der Waals surface area contributed by atoms with Crippen molar-refractivity contribution in [1.82, 2.24) is 0 Å². The summed E-state index contributed by atoms with van der Waals surface area (Å²) in [4.78, 5) is 0. The van der Waals surface area contributed by atoms with Gasteiger partial charge in [-0.05, 0) is 13.3 Å². The number of ether oxygens (including phenoxy) is 1. The van der Waals surface area contributed by atoms with Crippen LogP contribution in [-0.4, -0.2) is 13.2 Å². The molecule has 0 aliphatic heterocycles. The van der Waals surface area contributed by atoms with Crippen molar-refractivity contribution < 1.29 is 4.74 Å². The predicted molar refractivity (Wildman–Crippen MR) is 75.8 cm³/mol. The van der Waals surface area contributed by atoms with E-state index in [0.717, 1.165) is 12.8 Å². The monoisotopic (exact) mass is 237 g/mol. The molecule has 0 fully saturated rings. The molecular formula is C16H29O. The summed E-state index contributed by atoms with van der Waals surface area (Å²) in [6.45, 7) is 5.84. The fourth-order valence-corrected chi connectivity index (χ4v) is 1.73. The lowest BCUT2D eigenvalue weighted by Crippen LogP contribution is -1.99. The largest absolute Gasteiger partial charge is 0.369 e. The van der Waals surface area contributed by atoms with Crippen molar-refractivity contribution >= 4 is 0 Å². The van der Waals surface area contributed by atoms with E-state index in [1.165, 1.54) is 51.4 Å². The second-order valence-electron chi connectivity index (χ2n) is 4.63. The lowest BCUT2D eigenvalue weighted by atomic mass is 10.1. The van der Waals surface area contributed by atoms with Gasteiger partial charge in [0.05, 0.1) is 0 Å². The highest BCUT2D eigenvalue weighted by Crippen LogP contribution is 2.10. The Bertz CT molecular complexity index is 199. The van der Waals surface area contributed by atoms with E-state index in [1.807, 2.05) is 6.92 Å². The van der Waals surface area contributed by atoms with Gasteiger partial charge in [0, 0.05) is 13.5 Å². The van der Waals surface area contributed by atoms with E-state index < -0.39 is 0 Å². The summed E-state index contributed by atoms with van der Waals surface area (Å²) in [5.41, 5.74) is 0. The first-order valence-electron chi connectivity index (χ1n) is 7.11. The average Bonchev–Trinajstić information content (AvgIpc) is 2.35. The summed E-state index contributed by atoms with van der Waals surface area (Å²) < 4.78 is 5.06. The SMILES string of the molecule is [CH2]CCCCCCCCCCC#CC(C)OC. The number of hydrogen-bond acceptors (Lipinski definition) is 1. The van der Waals surface area contributed by atoms with Crippen molar-refractivity contribution in [3.05, 3.63) is 6.92 Å². The van der Waals surface area contributed by atoms with Crippen molar-refractivity contribution in [2.45, 2.75) is 77.2 Å². The van der Waals surface area contributed by atoms with Crippen LogP contribution in [0.2, 0.25) is 0 Å². The summed E-state index contributed by atoms with van der Waals surface area (Å²) in [7, 11) is 1.70. The van der Waals surface area contributed by atoms with Crippen molar-refractivity contribution in [2.24, 2.45) is 0 Å². The third-order valence-electron chi connectivity index (χ3n) is 2.96. The van der Waals surface area contributed by atoms with E-state index in [9.17, 15) is 0 Å². The predicted octanol–water partition coefficient (Wildman–Crippen LogP) is 4.76. The molecule has 0 rings (SSSR count). The minimum absolute atomic E-state index is 0.0862. The molecule has 0 N–H and O–H groups in total. The third kappa shape index (κ3) is 13.5. The van der Waals surface area contributed by atoms with Crippen LogP contribution in [0.4, 0.5) is 0 Å². The van der Waals surface area contributed by atoms with Crippen LogP contribution < -0.4 is 0 Å². The van der Waals surface area contributed by atoms with E-state index in [2.05, 4.69) is 18.8 Å². The molecule has 0 bridgehead atoms. The lowest BCUT2D eigenvalue weighted by Gasteiger charge is -2.00. The quantitative estimate of drug-likeness (QED) is 0.393. The summed E-state index contributed by atoms with van der Waals surface area (Å²) in [6, 6.07) is 0. The van der Waals surface area contributed by atoms with Gasteiger partial charge in [0.25, 0.3) is 0 Å². The highest BCUT2D eigenvalue weighted by atomic mass is 16.5. The molecule has 17 heavy (non-hydrogen) atoms. The Morgan fingerprint density at radius 1 is 0.941 bits per heavy atom. The van der Waals surface area contributed by atoms with Crippen molar-refractivity contribution in [1.29, 1.82) is 0 Å². The fourth-order valence-electron chi connectivity index (χ4n) is 1.73. The number of methoxy groups -OCH3 is 1. The molecule has 0 heterocycles. The van der Waals surface area contributed by atoms with Gasteiger partial charge in [0.15, 0.2) is 0 Å². The Balaban J connectivity index is 3.10. The maximum atomic E-state index is 5.06. The molecule has 1 atom stereocenters. The third-order valence-corrected chi connectivity index (χ3v) is 2.96. The van der Waals surface area contributed by atoms with Gasteiger partial charge in [-0.2, -0.15) is 0 Å². The Kier molecular flexibility index (Phi) is 13.2. The van der Waals surface area contributed by atoms with Crippen LogP contribution in [0, 0.1) is 18.8 Å². The van der Waals surface area contributed by atoms with E-state index in [-0.39, 0.29) is 6.10 Å². The Hall–Kier alpha value is -0.480. The maximum absolute atomic E-state index is 5.06. The number of rotatable bonds is 10. The summed E-state index contributed by atoms with van der Waals surface area (Å²) in [5.74, 6) is 6.25. The zero-order chi connectivity index (χ0) is 12.8. The van der Waals surface area contributed by atoms with Crippen LogP contribution in [0.15, 0.2) is 0 Å². The first-order chi connectivity index (χ1) is 8.31. The Morgan fingerprint density at radius 2 is 1.47 bits per heavy atom. The van der Waals surface area contributed by atoms with E-state index in [0.29, 0.717) is 0 Å². The highest BCUT2D eigenvalue weighted by Gasteiger charge is 1.92. The molecule has 0 saturated heterocycles. The van der Waals surface area contributed by atoms with Gasteiger partial charge in [-0.15, -0.1) is 5.92 Å². The second kappa shape index (κ2) is 13.6. The van der Waals surface area contributed by atoms with Crippen molar-refractivity contribution in [2.75, 3.05) is 7.11 Å². The van der Waals surface area contributed by atoms with Gasteiger partial charge >= 0.3 is 0 Å². The van der Waals surface area contributed by atoms with E-state index in [4.69, 9.17) is 4.74 Å². The van der Waals surface area contributed by atoms with Crippen molar-refractivity contribution in [3.8, 4) is 11.8 Å². The first-order valence-corrected chi connectivity index (χ1v) is 7.11. The van der Waals surface area contributed by atoms with Crippen LogP contribution in [0.1, 0.15) is 71.1 Å². The van der Waals surface area contributed by atoms with Gasteiger partial charge in [-0.25, -0.2) is 0 Å². The molecule has 0 saturated carbocycles. The summed E-state index contributed by atoms with van der Waals surface area (Å²) in [6.07, 6.45) is 13.0. The van der Waals surface area contributed by atoms with Crippen LogP contribution in [-0.2, 0) is 4.74 Å². The minimum atomic E-state index is 0.0862. The number of unbranched alkanes of at least 4 members (excludes halogenated alkanes) is 9. The van der Waals surface area contributed by atoms with Gasteiger partial charge < -0.3 is 4.74 Å². The van der Waals surface area contributed by atoms with Gasteiger partial charge in [0.2, 0.25) is 0 Å². The van der Waals surface area contributed by atoms with Gasteiger partial charge in [-0.1, -0.05) is 64.2 Å². The average molecular weight is 237 g/mol. The molecule has 0 spiro atoms. The molecule has 0 amide bonds. The normalized spacial score (nSPS) is 11.9. The molecule has 1 nitrogen and oxygen atoms in total. The summed E-state index contributed by atoms with van der Waals surface area (Å²) >= 11 is 0. The van der Waals surface area contributed by atoms with Crippen LogP contribution in [0.25, 0.3) is 0 Å². The smallest absolute Gasteiger partial charge is 0.115 e. The molecule has 1 radical (unpaired) electrons. The van der Waals surface area contributed by atoms with E-state index >= 15 is 0 Å². The topological polar surface area (TPSA) is 9.23 Å². The zero-order valence-corrected chi connectivity index (χ0v) is 11.8. The van der Waals surface area contributed by atoms with Crippen molar-refractivity contribution in [3.63, 3.8) is 0 Å². The molecule has 99 valence electrons. The Morgan fingerprint density at radius 3 is 2.00 bits per heavy atom. The molecular weight excluding hydrogens is 208 g/mol. The molecule has 0 aromatic carbocycles.